The molecule has 0 aliphatic carbocycles. The summed E-state index contributed by atoms with van der Waals surface area (Å²) < 4.78 is 5.03. The predicted molar refractivity (Wildman–Crippen MR) is 51.5 cm³/mol. The Hall–Kier alpha value is -1.57. The Kier molecular flexibility index (Phi) is 3.26. The maximum Gasteiger partial charge on any atom is 0.338 e. The number of benzene rings is 1. The Morgan fingerprint density at radius 3 is 2.62 bits per heavy atom. The molecule has 1 aromatic carbocycles. The van der Waals surface area contributed by atoms with Crippen molar-refractivity contribution in [1.82, 2.24) is 0 Å². The van der Waals surface area contributed by atoms with Crippen LogP contribution in [0.5, 0.6) is 0 Å². The molecule has 68 valence electrons. The van der Waals surface area contributed by atoms with Crippen LogP contribution in [0.15, 0.2) is 43.0 Å². The predicted octanol–water partition coefficient (Wildman–Crippen LogP) is 2.42. The summed E-state index contributed by atoms with van der Waals surface area (Å²) in [5.41, 5.74) is 0.566. The van der Waals surface area contributed by atoms with E-state index in [4.69, 9.17) is 4.74 Å². The first-order valence-electron chi connectivity index (χ1n) is 4.12. The van der Waals surface area contributed by atoms with Crippen molar-refractivity contribution in [3.8, 4) is 0 Å². The van der Waals surface area contributed by atoms with E-state index in [1.165, 1.54) is 0 Å². The molecule has 2 nitrogen and oxygen atoms in total. The molecule has 1 aromatic rings. The van der Waals surface area contributed by atoms with Crippen molar-refractivity contribution in [2.24, 2.45) is 0 Å². The van der Waals surface area contributed by atoms with Crippen molar-refractivity contribution in [3.05, 3.63) is 48.6 Å². The summed E-state index contributed by atoms with van der Waals surface area (Å²) in [5, 5.41) is 0. The van der Waals surface area contributed by atoms with Crippen molar-refractivity contribution in [2.45, 2.75) is 13.0 Å². The highest BCUT2D eigenvalue weighted by molar-refractivity contribution is 5.89. The van der Waals surface area contributed by atoms with E-state index in [-0.39, 0.29) is 12.1 Å². The molecule has 0 bridgehead atoms. The van der Waals surface area contributed by atoms with E-state index >= 15 is 0 Å². The van der Waals surface area contributed by atoms with Gasteiger partial charge >= 0.3 is 5.97 Å². The Labute approximate surface area is 77.8 Å². The summed E-state index contributed by atoms with van der Waals surface area (Å²) >= 11 is 0. The van der Waals surface area contributed by atoms with E-state index in [0.717, 1.165) is 0 Å². The van der Waals surface area contributed by atoms with E-state index in [1.807, 2.05) is 6.07 Å². The Morgan fingerprint density at radius 2 is 2.08 bits per heavy atom. The van der Waals surface area contributed by atoms with E-state index < -0.39 is 0 Å². The molecular formula is C11H12O2. The first-order valence-corrected chi connectivity index (χ1v) is 4.12. The molecule has 0 aliphatic rings. The highest BCUT2D eigenvalue weighted by Crippen LogP contribution is 2.03. The highest BCUT2D eigenvalue weighted by atomic mass is 16.5. The summed E-state index contributed by atoms with van der Waals surface area (Å²) in [6.45, 7) is 5.30. The molecule has 0 spiro atoms. The number of rotatable bonds is 3. The molecule has 0 N–H and O–H groups in total. The lowest BCUT2D eigenvalue weighted by Crippen LogP contribution is -2.12. The van der Waals surface area contributed by atoms with Crippen molar-refractivity contribution >= 4 is 5.97 Å². The third-order valence-electron chi connectivity index (χ3n) is 1.63. The zero-order chi connectivity index (χ0) is 9.68. The van der Waals surface area contributed by atoms with Gasteiger partial charge in [0.05, 0.1) is 5.56 Å². The lowest BCUT2D eigenvalue weighted by atomic mass is 10.2. The molecule has 2 heteroatoms. The molecule has 13 heavy (non-hydrogen) atoms. The summed E-state index contributed by atoms with van der Waals surface area (Å²) in [7, 11) is 0. The van der Waals surface area contributed by atoms with Crippen LogP contribution in [-0.2, 0) is 4.74 Å². The lowest BCUT2D eigenvalue weighted by molar-refractivity contribution is 0.0425. The fourth-order valence-corrected chi connectivity index (χ4v) is 0.859. The van der Waals surface area contributed by atoms with E-state index in [1.54, 1.807) is 37.3 Å². The first kappa shape index (κ1) is 9.52. The van der Waals surface area contributed by atoms with Gasteiger partial charge < -0.3 is 4.74 Å². The number of esters is 1. The second-order valence-corrected chi connectivity index (χ2v) is 2.71. The molecule has 0 unspecified atom stereocenters. The monoisotopic (exact) mass is 176 g/mol. The Balaban J connectivity index is 2.64. The number of hydrogen-bond donors (Lipinski definition) is 0. The molecule has 0 radical (unpaired) electrons. The molecule has 0 heterocycles. The number of hydrogen-bond acceptors (Lipinski definition) is 2. The summed E-state index contributed by atoms with van der Waals surface area (Å²) in [6.07, 6.45) is 1.34. The van der Waals surface area contributed by atoms with Crippen LogP contribution in [0.1, 0.15) is 17.3 Å². The van der Waals surface area contributed by atoms with Crippen molar-refractivity contribution in [1.29, 1.82) is 0 Å². The quantitative estimate of drug-likeness (QED) is 0.522. The van der Waals surface area contributed by atoms with Gasteiger partial charge in [0.1, 0.15) is 6.10 Å². The van der Waals surface area contributed by atoms with Gasteiger partial charge in [0.15, 0.2) is 0 Å². The van der Waals surface area contributed by atoms with Crippen LogP contribution in [0, 0.1) is 0 Å². The van der Waals surface area contributed by atoms with E-state index in [2.05, 4.69) is 6.58 Å². The SMILES string of the molecule is C=C[C@H](C)OC(=O)c1ccccc1. The zero-order valence-corrected chi connectivity index (χ0v) is 7.57. The van der Waals surface area contributed by atoms with Crippen molar-refractivity contribution in [3.63, 3.8) is 0 Å². The van der Waals surface area contributed by atoms with Crippen LogP contribution in [0.4, 0.5) is 0 Å². The topological polar surface area (TPSA) is 26.3 Å². The van der Waals surface area contributed by atoms with Crippen molar-refractivity contribution in [2.75, 3.05) is 0 Å². The van der Waals surface area contributed by atoms with Gasteiger partial charge in [-0.15, -0.1) is 0 Å². The third-order valence-corrected chi connectivity index (χ3v) is 1.63. The average Bonchev–Trinajstić information content (AvgIpc) is 2.19. The van der Waals surface area contributed by atoms with Crippen LogP contribution in [-0.4, -0.2) is 12.1 Å². The third kappa shape index (κ3) is 2.75. The van der Waals surface area contributed by atoms with Crippen LogP contribution in [0.25, 0.3) is 0 Å². The van der Waals surface area contributed by atoms with Gasteiger partial charge in [0.25, 0.3) is 0 Å². The number of carbonyl (C=O) groups is 1. The van der Waals surface area contributed by atoms with Gasteiger partial charge in [0, 0.05) is 0 Å². The highest BCUT2D eigenvalue weighted by Gasteiger charge is 2.07. The second-order valence-electron chi connectivity index (χ2n) is 2.71. The second kappa shape index (κ2) is 4.45. The summed E-state index contributed by atoms with van der Waals surface area (Å²) in [5.74, 6) is -0.312. The van der Waals surface area contributed by atoms with Gasteiger partial charge in [-0.1, -0.05) is 30.9 Å². The summed E-state index contributed by atoms with van der Waals surface area (Å²) in [4.78, 5) is 11.3. The first-order chi connectivity index (χ1) is 6.24. The van der Waals surface area contributed by atoms with Crippen molar-refractivity contribution < 1.29 is 9.53 Å². The van der Waals surface area contributed by atoms with Crippen LogP contribution >= 0.6 is 0 Å². The van der Waals surface area contributed by atoms with Gasteiger partial charge in [0.2, 0.25) is 0 Å². The standard InChI is InChI=1S/C11H12O2/c1-3-9(2)13-11(12)10-7-5-4-6-8-10/h3-9H,1H2,2H3/t9-/m0/s1. The average molecular weight is 176 g/mol. The summed E-state index contributed by atoms with van der Waals surface area (Å²) in [6, 6.07) is 8.90. The van der Waals surface area contributed by atoms with Gasteiger partial charge in [-0.2, -0.15) is 0 Å². The fraction of sp³-hybridized carbons (Fsp3) is 0.182. The Bertz CT molecular complexity index is 290. The zero-order valence-electron chi connectivity index (χ0n) is 7.57. The van der Waals surface area contributed by atoms with Gasteiger partial charge in [-0.25, -0.2) is 4.79 Å². The minimum absolute atomic E-state index is 0.243. The molecular weight excluding hydrogens is 164 g/mol. The largest absolute Gasteiger partial charge is 0.455 e. The molecule has 1 atom stereocenters. The minimum Gasteiger partial charge on any atom is -0.455 e. The van der Waals surface area contributed by atoms with Crippen LogP contribution in [0.2, 0.25) is 0 Å². The van der Waals surface area contributed by atoms with Crippen LogP contribution < -0.4 is 0 Å². The molecule has 0 aliphatic heterocycles. The van der Waals surface area contributed by atoms with E-state index in [9.17, 15) is 4.79 Å². The molecule has 0 fully saturated rings. The molecule has 0 amide bonds. The van der Waals surface area contributed by atoms with Crippen LogP contribution in [0.3, 0.4) is 0 Å². The minimum atomic E-state index is -0.312. The maximum absolute atomic E-state index is 11.3. The molecule has 1 rings (SSSR count). The molecule has 0 saturated carbocycles. The smallest absolute Gasteiger partial charge is 0.338 e. The molecule has 0 aromatic heterocycles. The number of ether oxygens (including phenoxy) is 1. The maximum atomic E-state index is 11.3. The lowest BCUT2D eigenvalue weighted by Gasteiger charge is -2.07. The number of carbonyl (C=O) groups excluding carboxylic acids is 1. The fourth-order valence-electron chi connectivity index (χ4n) is 0.859. The molecule has 0 saturated heterocycles. The van der Waals surface area contributed by atoms with Gasteiger partial charge in [-0.3, -0.25) is 0 Å². The Morgan fingerprint density at radius 1 is 1.46 bits per heavy atom. The van der Waals surface area contributed by atoms with Gasteiger partial charge in [-0.05, 0) is 19.1 Å². The normalized spacial score (nSPS) is 11.8. The van der Waals surface area contributed by atoms with E-state index in [0.29, 0.717) is 5.56 Å².